The van der Waals surface area contributed by atoms with Gasteiger partial charge in [0.2, 0.25) is 11.8 Å². The summed E-state index contributed by atoms with van der Waals surface area (Å²) in [5.41, 5.74) is 2.46. The highest BCUT2D eigenvalue weighted by Crippen LogP contribution is 2.34. The van der Waals surface area contributed by atoms with Gasteiger partial charge in [-0.25, -0.2) is 9.78 Å². The Balaban J connectivity index is 1.51. The second-order valence-electron chi connectivity index (χ2n) is 7.52. The number of nitrogens with zero attached hydrogens (tertiary/aromatic N) is 2. The molecule has 2 heterocycles. The third kappa shape index (κ3) is 5.17. The highest BCUT2D eigenvalue weighted by atomic mass is 32.1. The molecule has 0 fully saturated rings. The van der Waals surface area contributed by atoms with Crippen LogP contribution in [0.2, 0.25) is 0 Å². The number of nitrogens with one attached hydrogen (secondary N) is 1. The van der Waals surface area contributed by atoms with Crippen molar-refractivity contribution in [2.45, 2.75) is 6.42 Å². The lowest BCUT2D eigenvalue weighted by molar-refractivity contribution is -0.131. The summed E-state index contributed by atoms with van der Waals surface area (Å²) in [6, 6.07) is 12.8. The molecular weight excluding hydrogens is 470 g/mol. The molecule has 2 amide bonds. The van der Waals surface area contributed by atoms with Crippen LogP contribution in [0.1, 0.15) is 21.6 Å². The van der Waals surface area contributed by atoms with Crippen molar-refractivity contribution in [3.05, 3.63) is 65.5 Å². The van der Waals surface area contributed by atoms with Crippen molar-refractivity contribution in [2.75, 3.05) is 33.2 Å². The van der Waals surface area contributed by atoms with Gasteiger partial charge in [-0.1, -0.05) is 41.7 Å². The van der Waals surface area contributed by atoms with E-state index >= 15 is 0 Å². The molecule has 0 saturated heterocycles. The third-order valence-corrected chi connectivity index (χ3v) is 6.36. The molecule has 180 valence electrons. The predicted octanol–water partition coefficient (Wildman–Crippen LogP) is 3.61. The molecule has 0 aliphatic carbocycles. The van der Waals surface area contributed by atoms with E-state index in [-0.39, 0.29) is 29.7 Å². The SMILES string of the molecule is COC(=O)c1nc(NC(=O)CN2C=Cc3cc(OC)c(OC)cc3CC2=O)sc1-c1ccccc1. The van der Waals surface area contributed by atoms with Gasteiger partial charge in [0.15, 0.2) is 22.3 Å². The highest BCUT2D eigenvalue weighted by Gasteiger charge is 2.24. The summed E-state index contributed by atoms with van der Waals surface area (Å²) in [7, 11) is 4.34. The van der Waals surface area contributed by atoms with E-state index in [1.165, 1.54) is 19.1 Å². The molecule has 0 saturated carbocycles. The maximum atomic E-state index is 12.8. The molecule has 3 aromatic rings. The number of thiazole rings is 1. The maximum absolute atomic E-state index is 12.8. The molecule has 0 atom stereocenters. The van der Waals surface area contributed by atoms with Gasteiger partial charge in [0.05, 0.1) is 32.6 Å². The fourth-order valence-electron chi connectivity index (χ4n) is 3.61. The molecule has 0 bridgehead atoms. The van der Waals surface area contributed by atoms with Crippen LogP contribution >= 0.6 is 11.3 Å². The fraction of sp³-hybridized carbons (Fsp3) is 0.200. The molecule has 1 aromatic heterocycles. The normalized spacial score (nSPS) is 12.5. The first-order chi connectivity index (χ1) is 16.9. The molecule has 10 heteroatoms. The van der Waals surface area contributed by atoms with Crippen molar-refractivity contribution < 1.29 is 28.6 Å². The Kier molecular flexibility index (Phi) is 7.11. The number of benzene rings is 2. The number of ether oxygens (including phenoxy) is 3. The summed E-state index contributed by atoms with van der Waals surface area (Å²) in [6.45, 7) is -0.217. The van der Waals surface area contributed by atoms with Crippen molar-refractivity contribution in [3.63, 3.8) is 0 Å². The first kappa shape index (κ1) is 24.0. The number of aromatic nitrogens is 1. The Bertz CT molecular complexity index is 1300. The number of fused-ring (bicyclic) bond motifs is 1. The van der Waals surface area contributed by atoms with E-state index < -0.39 is 11.9 Å². The fourth-order valence-corrected chi connectivity index (χ4v) is 4.59. The van der Waals surface area contributed by atoms with Gasteiger partial charge in [-0.05, 0) is 34.9 Å². The minimum absolute atomic E-state index is 0.0951. The average Bonchev–Trinajstić information content (AvgIpc) is 3.23. The van der Waals surface area contributed by atoms with Crippen molar-refractivity contribution >= 4 is 40.3 Å². The Labute approximate surface area is 205 Å². The number of carbonyl (C=O) groups is 3. The van der Waals surface area contributed by atoms with Crippen LogP contribution in [0.5, 0.6) is 11.5 Å². The predicted molar refractivity (Wildman–Crippen MR) is 132 cm³/mol. The van der Waals surface area contributed by atoms with E-state index in [4.69, 9.17) is 14.2 Å². The van der Waals surface area contributed by atoms with Crippen LogP contribution < -0.4 is 14.8 Å². The van der Waals surface area contributed by atoms with Crippen LogP contribution in [0.25, 0.3) is 16.5 Å². The van der Waals surface area contributed by atoms with Gasteiger partial charge in [0, 0.05) is 6.20 Å². The molecule has 0 radical (unpaired) electrons. The smallest absolute Gasteiger partial charge is 0.358 e. The van der Waals surface area contributed by atoms with Crippen LogP contribution in [0, 0.1) is 0 Å². The molecule has 2 aromatic carbocycles. The zero-order chi connectivity index (χ0) is 24.9. The van der Waals surface area contributed by atoms with Gasteiger partial charge in [-0.15, -0.1) is 0 Å². The van der Waals surface area contributed by atoms with Gasteiger partial charge in [-0.3, -0.25) is 9.59 Å². The minimum atomic E-state index is -0.602. The molecule has 1 aliphatic rings. The molecule has 0 unspecified atom stereocenters. The number of rotatable bonds is 7. The largest absolute Gasteiger partial charge is 0.493 e. The molecular formula is C25H23N3O6S. The van der Waals surface area contributed by atoms with Crippen LogP contribution in [-0.2, 0) is 20.7 Å². The second kappa shape index (κ2) is 10.4. The first-order valence-electron chi connectivity index (χ1n) is 10.6. The Hall–Kier alpha value is -4.18. The molecule has 4 rings (SSSR count). The maximum Gasteiger partial charge on any atom is 0.358 e. The number of hydrogen-bond donors (Lipinski definition) is 1. The van der Waals surface area contributed by atoms with Crippen LogP contribution in [0.3, 0.4) is 0 Å². The summed E-state index contributed by atoms with van der Waals surface area (Å²) in [6.07, 6.45) is 3.41. The Morgan fingerprint density at radius 3 is 2.49 bits per heavy atom. The summed E-state index contributed by atoms with van der Waals surface area (Å²) >= 11 is 1.16. The number of anilines is 1. The lowest BCUT2D eigenvalue weighted by atomic mass is 10.0. The third-order valence-electron chi connectivity index (χ3n) is 5.34. The van der Waals surface area contributed by atoms with Crippen molar-refractivity contribution in [2.24, 2.45) is 0 Å². The zero-order valence-corrected chi connectivity index (χ0v) is 20.2. The number of hydrogen-bond acceptors (Lipinski definition) is 8. The van der Waals surface area contributed by atoms with Crippen LogP contribution in [0.15, 0.2) is 48.7 Å². The molecule has 1 aliphatic heterocycles. The molecule has 9 nitrogen and oxygen atoms in total. The summed E-state index contributed by atoms with van der Waals surface area (Å²) in [5, 5.41) is 2.92. The second-order valence-corrected chi connectivity index (χ2v) is 8.52. The van der Waals surface area contributed by atoms with E-state index in [1.54, 1.807) is 31.5 Å². The summed E-state index contributed by atoms with van der Waals surface area (Å²) in [4.78, 5) is 44.0. The summed E-state index contributed by atoms with van der Waals surface area (Å²) in [5.74, 6) is -0.225. The van der Waals surface area contributed by atoms with Crippen LogP contribution in [-0.4, -0.2) is 55.5 Å². The van der Waals surface area contributed by atoms with Gasteiger partial charge < -0.3 is 24.4 Å². The molecule has 1 N–H and O–H groups in total. The molecule has 35 heavy (non-hydrogen) atoms. The monoisotopic (exact) mass is 493 g/mol. The van der Waals surface area contributed by atoms with E-state index in [1.807, 2.05) is 30.3 Å². The van der Waals surface area contributed by atoms with Gasteiger partial charge in [-0.2, -0.15) is 0 Å². The van der Waals surface area contributed by atoms with Crippen molar-refractivity contribution in [1.29, 1.82) is 0 Å². The average molecular weight is 494 g/mol. The van der Waals surface area contributed by atoms with Crippen molar-refractivity contribution in [1.82, 2.24) is 9.88 Å². The number of esters is 1. The number of methoxy groups -OCH3 is 3. The Morgan fingerprint density at radius 2 is 1.80 bits per heavy atom. The zero-order valence-electron chi connectivity index (χ0n) is 19.4. The Morgan fingerprint density at radius 1 is 1.09 bits per heavy atom. The number of carbonyl (C=O) groups excluding carboxylic acids is 3. The van der Waals surface area contributed by atoms with Gasteiger partial charge in [0.25, 0.3) is 0 Å². The van der Waals surface area contributed by atoms with E-state index in [9.17, 15) is 14.4 Å². The topological polar surface area (TPSA) is 107 Å². The van der Waals surface area contributed by atoms with E-state index in [0.29, 0.717) is 16.4 Å². The van der Waals surface area contributed by atoms with E-state index in [0.717, 1.165) is 28.0 Å². The van der Waals surface area contributed by atoms with Gasteiger partial charge in [0.1, 0.15) is 6.54 Å². The van der Waals surface area contributed by atoms with E-state index in [2.05, 4.69) is 10.3 Å². The standard InChI is InChI=1S/C25H23N3O6S/c1-32-18-11-16-9-10-28(21(30)13-17(16)12-19(18)33-2)14-20(29)26-25-27-22(24(31)34-3)23(35-25)15-7-5-4-6-8-15/h4-12H,13-14H2,1-3H3,(H,26,27,29). The van der Waals surface area contributed by atoms with Gasteiger partial charge >= 0.3 is 5.97 Å². The summed E-state index contributed by atoms with van der Waals surface area (Å²) < 4.78 is 15.5. The van der Waals surface area contributed by atoms with Crippen LogP contribution in [0.4, 0.5) is 5.13 Å². The van der Waals surface area contributed by atoms with Crippen molar-refractivity contribution in [3.8, 4) is 21.9 Å². The minimum Gasteiger partial charge on any atom is -0.493 e. The quantitative estimate of drug-likeness (QED) is 0.501. The molecule has 0 spiro atoms. The lowest BCUT2D eigenvalue weighted by Crippen LogP contribution is -2.34. The number of amides is 2. The highest BCUT2D eigenvalue weighted by molar-refractivity contribution is 7.19. The lowest BCUT2D eigenvalue weighted by Gasteiger charge is -2.16. The first-order valence-corrected chi connectivity index (χ1v) is 11.4.